The first-order chi connectivity index (χ1) is 10.3. The van der Waals surface area contributed by atoms with E-state index < -0.39 is 0 Å². The first kappa shape index (κ1) is 14.1. The summed E-state index contributed by atoms with van der Waals surface area (Å²) in [6.45, 7) is 0. The van der Waals surface area contributed by atoms with Gasteiger partial charge in [0.15, 0.2) is 0 Å². The Morgan fingerprint density at radius 1 is 0.571 bits per heavy atom. The number of rotatable bonds is 4. The van der Waals surface area contributed by atoms with Gasteiger partial charge in [-0.1, -0.05) is 88.7 Å². The van der Waals surface area contributed by atoms with Crippen molar-refractivity contribution >= 4 is 15.9 Å². The van der Waals surface area contributed by atoms with Gasteiger partial charge in [-0.05, 0) is 41.2 Å². The smallest absolute Gasteiger partial charge is 0.0213 e. The predicted octanol–water partition coefficient (Wildman–Crippen LogP) is 5.63. The largest absolute Gasteiger partial charge is 0.0622 e. The van der Waals surface area contributed by atoms with Crippen LogP contribution in [0.25, 0.3) is 0 Å². The molecule has 0 N–H and O–H groups in total. The first-order valence-electron chi connectivity index (χ1n) is 7.17. The van der Waals surface area contributed by atoms with Crippen LogP contribution in [-0.4, -0.2) is 0 Å². The van der Waals surface area contributed by atoms with Crippen LogP contribution < -0.4 is 0 Å². The third-order valence-electron chi connectivity index (χ3n) is 3.68. The summed E-state index contributed by atoms with van der Waals surface area (Å²) >= 11 is 3.72. The Morgan fingerprint density at radius 2 is 1.14 bits per heavy atom. The molecule has 0 aliphatic rings. The molecule has 0 saturated heterocycles. The van der Waals surface area contributed by atoms with E-state index in [0.29, 0.717) is 0 Å². The van der Waals surface area contributed by atoms with Crippen molar-refractivity contribution in [2.75, 3.05) is 0 Å². The molecule has 0 unspecified atom stereocenters. The summed E-state index contributed by atoms with van der Waals surface area (Å²) in [7, 11) is 0. The molecule has 3 rings (SSSR count). The second-order valence-electron chi connectivity index (χ2n) is 5.20. The summed E-state index contributed by atoms with van der Waals surface area (Å²) in [5.74, 6) is 0. The van der Waals surface area contributed by atoms with Gasteiger partial charge < -0.3 is 0 Å². The predicted molar refractivity (Wildman–Crippen MR) is 92.6 cm³/mol. The van der Waals surface area contributed by atoms with Crippen molar-refractivity contribution in [3.05, 3.63) is 106 Å². The molecule has 0 heterocycles. The molecule has 1 heteroatoms. The van der Waals surface area contributed by atoms with Crippen molar-refractivity contribution < 1.29 is 0 Å². The molecule has 0 aliphatic carbocycles. The van der Waals surface area contributed by atoms with Crippen LogP contribution in [0.15, 0.2) is 83.3 Å². The first-order valence-corrected chi connectivity index (χ1v) is 7.96. The van der Waals surface area contributed by atoms with E-state index in [4.69, 9.17) is 0 Å². The molecule has 0 fully saturated rings. The van der Waals surface area contributed by atoms with Crippen LogP contribution >= 0.6 is 15.9 Å². The lowest BCUT2D eigenvalue weighted by Crippen LogP contribution is -1.98. The zero-order chi connectivity index (χ0) is 14.5. The third-order valence-corrected chi connectivity index (χ3v) is 4.42. The fourth-order valence-corrected chi connectivity index (χ4v) is 3.13. The molecule has 21 heavy (non-hydrogen) atoms. The lowest BCUT2D eigenvalue weighted by Gasteiger charge is -2.12. The molecular formula is C20H17Br. The minimum Gasteiger partial charge on any atom is -0.0622 e. The molecule has 0 spiro atoms. The molecule has 3 aromatic rings. The minimum absolute atomic E-state index is 0.963. The van der Waals surface area contributed by atoms with E-state index in [2.05, 4.69) is 94.8 Å². The van der Waals surface area contributed by atoms with Crippen molar-refractivity contribution in [2.24, 2.45) is 0 Å². The van der Waals surface area contributed by atoms with Crippen molar-refractivity contribution in [1.29, 1.82) is 0 Å². The van der Waals surface area contributed by atoms with Crippen molar-refractivity contribution in [3.8, 4) is 0 Å². The van der Waals surface area contributed by atoms with Crippen LogP contribution in [-0.2, 0) is 12.8 Å². The molecule has 0 radical (unpaired) electrons. The van der Waals surface area contributed by atoms with Gasteiger partial charge in [0.2, 0.25) is 0 Å². The minimum atomic E-state index is 0.963. The molecule has 0 amide bonds. The van der Waals surface area contributed by atoms with Gasteiger partial charge in [-0.15, -0.1) is 0 Å². The Hall–Kier alpha value is -1.86. The zero-order valence-corrected chi connectivity index (χ0v) is 13.4. The molecular weight excluding hydrogens is 320 g/mol. The van der Waals surface area contributed by atoms with Gasteiger partial charge in [0.1, 0.15) is 0 Å². The fourth-order valence-electron chi connectivity index (χ4n) is 2.58. The van der Waals surface area contributed by atoms with Crippen LogP contribution in [0.4, 0.5) is 0 Å². The Balaban J connectivity index is 1.92. The second kappa shape index (κ2) is 6.73. The second-order valence-corrected chi connectivity index (χ2v) is 6.06. The molecule has 0 atom stereocenters. The van der Waals surface area contributed by atoms with Crippen LogP contribution in [0.2, 0.25) is 0 Å². The quantitative estimate of drug-likeness (QED) is 0.579. The van der Waals surface area contributed by atoms with E-state index in [1.54, 1.807) is 0 Å². The highest BCUT2D eigenvalue weighted by atomic mass is 79.9. The monoisotopic (exact) mass is 336 g/mol. The average Bonchev–Trinajstić information content (AvgIpc) is 2.53. The van der Waals surface area contributed by atoms with E-state index in [9.17, 15) is 0 Å². The van der Waals surface area contributed by atoms with E-state index in [1.807, 2.05) is 0 Å². The van der Waals surface area contributed by atoms with E-state index in [0.717, 1.165) is 12.8 Å². The summed E-state index contributed by atoms with van der Waals surface area (Å²) in [6.07, 6.45) is 1.94. The maximum Gasteiger partial charge on any atom is 0.0213 e. The Labute approximate surface area is 134 Å². The maximum absolute atomic E-state index is 3.72. The molecule has 104 valence electrons. The summed E-state index contributed by atoms with van der Waals surface area (Å²) in [5, 5.41) is 0. The SMILES string of the molecule is Brc1cccc(Cc2ccccc2)c1Cc1ccccc1. The van der Waals surface area contributed by atoms with Gasteiger partial charge in [-0.2, -0.15) is 0 Å². The number of hydrogen-bond donors (Lipinski definition) is 0. The van der Waals surface area contributed by atoms with Gasteiger partial charge in [-0.3, -0.25) is 0 Å². The van der Waals surface area contributed by atoms with Gasteiger partial charge in [0.25, 0.3) is 0 Å². The van der Waals surface area contributed by atoms with Crippen LogP contribution in [0.5, 0.6) is 0 Å². The molecule has 0 saturated carbocycles. The highest BCUT2D eigenvalue weighted by Crippen LogP contribution is 2.25. The summed E-state index contributed by atoms with van der Waals surface area (Å²) < 4.78 is 1.19. The normalized spacial score (nSPS) is 10.5. The molecule has 0 aromatic heterocycles. The van der Waals surface area contributed by atoms with Crippen molar-refractivity contribution in [2.45, 2.75) is 12.8 Å². The van der Waals surface area contributed by atoms with E-state index in [-0.39, 0.29) is 0 Å². The Bertz CT molecular complexity index is 702. The van der Waals surface area contributed by atoms with Crippen molar-refractivity contribution in [3.63, 3.8) is 0 Å². The van der Waals surface area contributed by atoms with Gasteiger partial charge in [-0.25, -0.2) is 0 Å². The maximum atomic E-state index is 3.72. The lowest BCUT2D eigenvalue weighted by molar-refractivity contribution is 1.08. The van der Waals surface area contributed by atoms with Gasteiger partial charge >= 0.3 is 0 Å². The highest BCUT2D eigenvalue weighted by molar-refractivity contribution is 9.10. The third kappa shape index (κ3) is 3.62. The van der Waals surface area contributed by atoms with Gasteiger partial charge in [0.05, 0.1) is 0 Å². The fraction of sp³-hybridized carbons (Fsp3) is 0.100. The Morgan fingerprint density at radius 3 is 1.76 bits per heavy atom. The van der Waals surface area contributed by atoms with Crippen LogP contribution in [0, 0.1) is 0 Å². The lowest BCUT2D eigenvalue weighted by atomic mass is 9.95. The van der Waals surface area contributed by atoms with Crippen LogP contribution in [0.3, 0.4) is 0 Å². The summed E-state index contributed by atoms with van der Waals surface area (Å²) in [5.41, 5.74) is 5.47. The van der Waals surface area contributed by atoms with Gasteiger partial charge in [0, 0.05) is 4.47 Å². The number of hydrogen-bond acceptors (Lipinski definition) is 0. The summed E-state index contributed by atoms with van der Waals surface area (Å²) in [6, 6.07) is 27.8. The Kier molecular flexibility index (Phi) is 4.52. The van der Waals surface area contributed by atoms with Crippen molar-refractivity contribution in [1.82, 2.24) is 0 Å². The molecule has 0 aliphatic heterocycles. The molecule has 0 bridgehead atoms. The molecule has 0 nitrogen and oxygen atoms in total. The topological polar surface area (TPSA) is 0 Å². The zero-order valence-electron chi connectivity index (χ0n) is 11.8. The number of benzene rings is 3. The van der Waals surface area contributed by atoms with E-state index >= 15 is 0 Å². The standard InChI is InChI=1S/C20H17Br/c21-20-13-7-12-18(14-16-8-3-1-4-9-16)19(20)15-17-10-5-2-6-11-17/h1-13H,14-15H2. The average molecular weight is 337 g/mol. The molecule has 3 aromatic carbocycles. The number of halogens is 1. The summed E-state index contributed by atoms with van der Waals surface area (Å²) in [4.78, 5) is 0. The van der Waals surface area contributed by atoms with E-state index in [1.165, 1.54) is 26.7 Å². The van der Waals surface area contributed by atoms with Crippen LogP contribution in [0.1, 0.15) is 22.3 Å². The highest BCUT2D eigenvalue weighted by Gasteiger charge is 2.08.